The van der Waals surface area contributed by atoms with Crippen LogP contribution >= 0.6 is 0 Å². The molecule has 0 amide bonds. The van der Waals surface area contributed by atoms with Crippen molar-refractivity contribution in [1.82, 2.24) is 4.90 Å². The van der Waals surface area contributed by atoms with E-state index in [-0.39, 0.29) is 12.3 Å². The Morgan fingerprint density at radius 3 is 2.60 bits per heavy atom. The van der Waals surface area contributed by atoms with E-state index in [0.717, 1.165) is 12.3 Å². The smallest absolute Gasteiger partial charge is 0.181 e. The van der Waals surface area contributed by atoms with Gasteiger partial charge in [0, 0.05) is 12.7 Å². The average molecular weight is 273 g/mol. The molecule has 1 aromatic rings. The molecule has 0 bridgehead atoms. The lowest BCUT2D eigenvalue weighted by Crippen LogP contribution is -2.40. The van der Waals surface area contributed by atoms with Gasteiger partial charge >= 0.3 is 0 Å². The highest BCUT2D eigenvalue weighted by atomic mass is 16.7. The summed E-state index contributed by atoms with van der Waals surface area (Å²) in [7, 11) is 1.68. The molecule has 0 N–H and O–H groups in total. The quantitative estimate of drug-likeness (QED) is 0.842. The lowest BCUT2D eigenvalue weighted by Gasteiger charge is -2.33. The number of methoxy groups -OCH3 is 1. The second kappa shape index (κ2) is 6.11. The average Bonchev–Trinajstić information content (AvgIpc) is 3.03. The first kappa shape index (κ1) is 13.2. The summed E-state index contributed by atoms with van der Waals surface area (Å²) in [6.07, 6.45) is 8.11. The van der Waals surface area contributed by atoms with Gasteiger partial charge in [-0.3, -0.25) is 0 Å². The van der Waals surface area contributed by atoms with Gasteiger partial charge in [-0.1, -0.05) is 24.3 Å². The van der Waals surface area contributed by atoms with Crippen LogP contribution < -0.4 is 4.74 Å². The number of benzene rings is 1. The van der Waals surface area contributed by atoms with Gasteiger partial charge in [0.15, 0.2) is 6.29 Å². The van der Waals surface area contributed by atoms with Crippen molar-refractivity contribution in [2.75, 3.05) is 20.3 Å². The lowest BCUT2D eigenvalue weighted by atomic mass is 10.1. The van der Waals surface area contributed by atoms with Gasteiger partial charge in [-0.25, -0.2) is 0 Å². The predicted octanol–water partition coefficient (Wildman–Crippen LogP) is 2.32. The summed E-state index contributed by atoms with van der Waals surface area (Å²) in [6.45, 7) is 2.17. The summed E-state index contributed by atoms with van der Waals surface area (Å²) in [5.74, 6) is 0.877. The Balaban J connectivity index is 1.70. The number of rotatable bonds is 4. The van der Waals surface area contributed by atoms with E-state index in [1.807, 2.05) is 24.3 Å². The third-order valence-electron chi connectivity index (χ3n) is 3.53. The summed E-state index contributed by atoms with van der Waals surface area (Å²) in [5.41, 5.74) is 1.23. The number of hydrogen-bond acceptors (Lipinski definition) is 4. The Bertz CT molecular complexity index is 489. The van der Waals surface area contributed by atoms with Gasteiger partial charge in [-0.15, -0.1) is 0 Å². The largest absolute Gasteiger partial charge is 0.497 e. The molecule has 2 aliphatic rings. The van der Waals surface area contributed by atoms with Crippen LogP contribution in [0.1, 0.15) is 5.56 Å². The summed E-state index contributed by atoms with van der Waals surface area (Å²) < 4.78 is 16.4. The fourth-order valence-corrected chi connectivity index (χ4v) is 2.47. The van der Waals surface area contributed by atoms with Crippen molar-refractivity contribution in [1.29, 1.82) is 0 Å². The topological polar surface area (TPSA) is 30.9 Å². The molecule has 4 nitrogen and oxygen atoms in total. The normalized spacial score (nSPS) is 22.4. The minimum Gasteiger partial charge on any atom is -0.497 e. The van der Waals surface area contributed by atoms with Gasteiger partial charge in [0.2, 0.25) is 0 Å². The van der Waals surface area contributed by atoms with Crippen LogP contribution in [0.15, 0.2) is 48.7 Å². The number of allylic oxidation sites excluding steroid dienone is 2. The second-order valence-electron chi connectivity index (χ2n) is 4.85. The minimum absolute atomic E-state index is 0.129. The maximum Gasteiger partial charge on any atom is 0.181 e. The van der Waals surface area contributed by atoms with Crippen molar-refractivity contribution in [3.8, 4) is 5.75 Å². The van der Waals surface area contributed by atoms with Gasteiger partial charge in [0.05, 0.1) is 26.4 Å². The lowest BCUT2D eigenvalue weighted by molar-refractivity contribution is -0.0789. The fraction of sp³-hybridized carbons (Fsp3) is 0.375. The highest BCUT2D eigenvalue weighted by molar-refractivity contribution is 5.28. The molecule has 1 atom stereocenters. The molecule has 0 aliphatic carbocycles. The second-order valence-corrected chi connectivity index (χ2v) is 4.85. The van der Waals surface area contributed by atoms with Crippen molar-refractivity contribution >= 4 is 0 Å². The van der Waals surface area contributed by atoms with E-state index in [1.165, 1.54) is 5.56 Å². The molecule has 0 radical (unpaired) electrons. The predicted molar refractivity (Wildman–Crippen MR) is 76.3 cm³/mol. The Morgan fingerprint density at radius 1 is 1.15 bits per heavy atom. The van der Waals surface area contributed by atoms with Gasteiger partial charge in [0.1, 0.15) is 5.75 Å². The van der Waals surface area contributed by atoms with Crippen LogP contribution in [0.3, 0.4) is 0 Å². The number of ether oxygens (including phenoxy) is 3. The molecule has 1 saturated heterocycles. The van der Waals surface area contributed by atoms with Gasteiger partial charge in [0.25, 0.3) is 0 Å². The van der Waals surface area contributed by atoms with Crippen LogP contribution in [0.4, 0.5) is 0 Å². The molecule has 106 valence electrons. The van der Waals surface area contributed by atoms with Gasteiger partial charge in [-0.2, -0.15) is 0 Å². The Hall–Kier alpha value is -1.78. The molecule has 4 heteroatoms. The zero-order chi connectivity index (χ0) is 13.8. The van der Waals surface area contributed by atoms with E-state index in [4.69, 9.17) is 14.2 Å². The Morgan fingerprint density at radius 2 is 1.90 bits per heavy atom. The first-order valence-corrected chi connectivity index (χ1v) is 6.84. The minimum atomic E-state index is -0.172. The molecule has 0 saturated carbocycles. The van der Waals surface area contributed by atoms with Crippen LogP contribution in [0, 0.1) is 0 Å². The van der Waals surface area contributed by atoms with Gasteiger partial charge < -0.3 is 19.1 Å². The molecule has 1 unspecified atom stereocenters. The molecule has 0 aromatic heterocycles. The third kappa shape index (κ3) is 2.86. The Labute approximate surface area is 119 Å². The Kier molecular flexibility index (Phi) is 4.04. The molecule has 2 aliphatic heterocycles. The SMILES string of the molecule is COc1ccc(CN2C=CC=CC2C2OCCO2)cc1. The van der Waals surface area contributed by atoms with Crippen molar-refractivity contribution < 1.29 is 14.2 Å². The van der Waals surface area contributed by atoms with E-state index in [0.29, 0.717) is 13.2 Å². The molecular weight excluding hydrogens is 254 g/mol. The maximum absolute atomic E-state index is 5.63. The highest BCUT2D eigenvalue weighted by Gasteiger charge is 2.29. The molecule has 2 heterocycles. The van der Waals surface area contributed by atoms with E-state index in [1.54, 1.807) is 7.11 Å². The van der Waals surface area contributed by atoms with Gasteiger partial charge in [-0.05, 0) is 23.8 Å². The van der Waals surface area contributed by atoms with E-state index >= 15 is 0 Å². The number of hydrogen-bond donors (Lipinski definition) is 0. The zero-order valence-electron chi connectivity index (χ0n) is 11.6. The molecule has 1 fully saturated rings. The third-order valence-corrected chi connectivity index (χ3v) is 3.53. The van der Waals surface area contributed by atoms with Crippen LogP contribution in [-0.2, 0) is 16.0 Å². The van der Waals surface area contributed by atoms with Crippen LogP contribution in [0.25, 0.3) is 0 Å². The van der Waals surface area contributed by atoms with Crippen molar-refractivity contribution in [3.63, 3.8) is 0 Å². The molecule has 0 spiro atoms. The highest BCUT2D eigenvalue weighted by Crippen LogP contribution is 2.22. The maximum atomic E-state index is 5.63. The van der Waals surface area contributed by atoms with Crippen molar-refractivity contribution in [3.05, 3.63) is 54.3 Å². The first-order valence-electron chi connectivity index (χ1n) is 6.84. The van der Waals surface area contributed by atoms with E-state index in [2.05, 4.69) is 29.3 Å². The molecule has 1 aromatic carbocycles. The van der Waals surface area contributed by atoms with Crippen molar-refractivity contribution in [2.24, 2.45) is 0 Å². The number of nitrogens with zero attached hydrogens (tertiary/aromatic N) is 1. The fourth-order valence-electron chi connectivity index (χ4n) is 2.47. The summed E-state index contributed by atoms with van der Waals surface area (Å²) in [5, 5.41) is 0. The summed E-state index contributed by atoms with van der Waals surface area (Å²) in [4.78, 5) is 2.23. The molecule has 20 heavy (non-hydrogen) atoms. The summed E-state index contributed by atoms with van der Waals surface area (Å²) >= 11 is 0. The zero-order valence-corrected chi connectivity index (χ0v) is 11.6. The van der Waals surface area contributed by atoms with E-state index in [9.17, 15) is 0 Å². The first-order chi connectivity index (χ1) is 9.86. The van der Waals surface area contributed by atoms with Crippen LogP contribution in [0.2, 0.25) is 0 Å². The van der Waals surface area contributed by atoms with E-state index < -0.39 is 0 Å². The standard InChI is InChI=1S/C16H19NO3/c1-18-14-7-5-13(6-8-14)12-17-9-3-2-4-15(17)16-19-10-11-20-16/h2-9,15-16H,10-12H2,1H3. The molecule has 3 rings (SSSR count). The molecular formula is C16H19NO3. The van der Waals surface area contributed by atoms with Crippen molar-refractivity contribution in [2.45, 2.75) is 18.9 Å². The van der Waals surface area contributed by atoms with Crippen LogP contribution in [0.5, 0.6) is 5.75 Å². The summed E-state index contributed by atoms with van der Waals surface area (Å²) in [6, 6.07) is 8.26. The monoisotopic (exact) mass is 273 g/mol. The van der Waals surface area contributed by atoms with Crippen LogP contribution in [-0.4, -0.2) is 37.6 Å².